The van der Waals surface area contributed by atoms with Crippen molar-refractivity contribution in [1.29, 1.82) is 0 Å². The first-order chi connectivity index (χ1) is 11.2. The molecule has 0 radical (unpaired) electrons. The molecule has 1 aliphatic carbocycles. The minimum Gasteiger partial charge on any atom is -0.459 e. The van der Waals surface area contributed by atoms with Gasteiger partial charge in [-0.15, -0.1) is 0 Å². The van der Waals surface area contributed by atoms with Crippen LogP contribution in [0.4, 0.5) is 0 Å². The molecule has 0 N–H and O–H groups in total. The number of ether oxygens (including phenoxy) is 1. The molecule has 4 rings (SSSR count). The Hall–Kier alpha value is -2.46. The number of hydrogen-bond acceptors (Lipinski definition) is 4. The highest BCUT2D eigenvalue weighted by molar-refractivity contribution is 6.31. The zero-order valence-corrected chi connectivity index (χ0v) is 13.0. The van der Waals surface area contributed by atoms with Gasteiger partial charge in [0.05, 0.1) is 28.5 Å². The topological polar surface area (TPSA) is 52.1 Å². The maximum Gasteiger partial charge on any atom is 0.338 e. The van der Waals surface area contributed by atoms with E-state index in [1.165, 1.54) is 0 Å². The van der Waals surface area contributed by atoms with Gasteiger partial charge in [0, 0.05) is 10.6 Å². The van der Waals surface area contributed by atoms with E-state index in [-0.39, 0.29) is 12.1 Å². The second kappa shape index (κ2) is 5.63. The lowest BCUT2D eigenvalue weighted by Gasteiger charge is -2.05. The highest BCUT2D eigenvalue weighted by Crippen LogP contribution is 2.26. The number of hydrogen-bond donors (Lipinski definition) is 0. The summed E-state index contributed by atoms with van der Waals surface area (Å²) in [5, 5.41) is 0.637. The summed E-state index contributed by atoms with van der Waals surface area (Å²) in [4.78, 5) is 20.9. The molecule has 2 aromatic carbocycles. The van der Waals surface area contributed by atoms with Gasteiger partial charge < -0.3 is 4.74 Å². The third-order valence-electron chi connectivity index (χ3n) is 3.72. The second-order valence-electron chi connectivity index (χ2n) is 5.57. The first-order valence-electron chi connectivity index (χ1n) is 7.43. The Kier molecular flexibility index (Phi) is 3.46. The van der Waals surface area contributed by atoms with Gasteiger partial charge in [0.15, 0.2) is 0 Å². The van der Waals surface area contributed by atoms with Crippen LogP contribution in [0.25, 0.3) is 22.3 Å². The number of esters is 1. The lowest BCUT2D eigenvalue weighted by molar-refractivity contribution is 0.0472. The third kappa shape index (κ3) is 3.03. The van der Waals surface area contributed by atoms with E-state index >= 15 is 0 Å². The van der Waals surface area contributed by atoms with Crippen molar-refractivity contribution in [1.82, 2.24) is 9.97 Å². The van der Waals surface area contributed by atoms with E-state index in [0.29, 0.717) is 10.6 Å². The van der Waals surface area contributed by atoms with Gasteiger partial charge in [-0.2, -0.15) is 0 Å². The van der Waals surface area contributed by atoms with Crippen LogP contribution in [-0.2, 0) is 4.74 Å². The first kappa shape index (κ1) is 14.2. The smallest absolute Gasteiger partial charge is 0.338 e. The largest absolute Gasteiger partial charge is 0.459 e. The third-order valence-corrected chi connectivity index (χ3v) is 3.95. The van der Waals surface area contributed by atoms with Gasteiger partial charge in [0.1, 0.15) is 6.10 Å². The summed E-state index contributed by atoms with van der Waals surface area (Å²) in [7, 11) is 0. The number of carbonyl (C=O) groups is 1. The van der Waals surface area contributed by atoms with Gasteiger partial charge >= 0.3 is 5.97 Å². The zero-order valence-electron chi connectivity index (χ0n) is 12.2. The first-order valence-corrected chi connectivity index (χ1v) is 7.80. The minimum atomic E-state index is -0.265. The molecule has 0 saturated heterocycles. The average Bonchev–Trinajstić information content (AvgIpc) is 3.38. The molecule has 1 aliphatic rings. The van der Waals surface area contributed by atoms with E-state index in [2.05, 4.69) is 9.97 Å². The Morgan fingerprint density at radius 2 is 1.87 bits per heavy atom. The van der Waals surface area contributed by atoms with Crippen LogP contribution >= 0.6 is 11.6 Å². The molecular formula is C18H13ClN2O2. The fraction of sp³-hybridized carbons (Fsp3) is 0.167. The Balaban J connectivity index is 1.62. The highest BCUT2D eigenvalue weighted by Gasteiger charge is 2.26. The van der Waals surface area contributed by atoms with Crippen molar-refractivity contribution in [2.75, 3.05) is 0 Å². The number of rotatable bonds is 3. The Morgan fingerprint density at radius 1 is 1.09 bits per heavy atom. The van der Waals surface area contributed by atoms with Crippen molar-refractivity contribution in [2.45, 2.75) is 18.9 Å². The molecule has 1 heterocycles. The zero-order chi connectivity index (χ0) is 15.8. The Morgan fingerprint density at radius 3 is 2.61 bits per heavy atom. The van der Waals surface area contributed by atoms with E-state index in [1.807, 2.05) is 18.2 Å². The van der Waals surface area contributed by atoms with Gasteiger partial charge in [-0.1, -0.05) is 23.7 Å². The van der Waals surface area contributed by atoms with Gasteiger partial charge in [-0.05, 0) is 43.2 Å². The molecule has 1 fully saturated rings. The molecule has 0 unspecified atom stereocenters. The van der Waals surface area contributed by atoms with Crippen LogP contribution in [0.2, 0.25) is 5.02 Å². The summed E-state index contributed by atoms with van der Waals surface area (Å²) in [6.07, 6.45) is 3.76. The molecule has 0 atom stereocenters. The number of carbonyl (C=O) groups excluding carboxylic acids is 1. The Bertz CT molecular complexity index is 889. The van der Waals surface area contributed by atoms with Crippen molar-refractivity contribution in [3.63, 3.8) is 0 Å². The van der Waals surface area contributed by atoms with Gasteiger partial charge in [0.25, 0.3) is 0 Å². The Labute approximate surface area is 138 Å². The number of benzene rings is 2. The SMILES string of the molecule is O=C(OC1CC1)c1ccc(-c2cnc3cc(Cl)ccc3n2)cc1. The molecule has 5 heteroatoms. The summed E-state index contributed by atoms with van der Waals surface area (Å²) in [6, 6.07) is 12.6. The molecule has 0 aliphatic heterocycles. The molecule has 0 amide bonds. The predicted octanol–water partition coefficient (Wildman–Crippen LogP) is 4.27. The van der Waals surface area contributed by atoms with Gasteiger partial charge in [-0.3, -0.25) is 4.98 Å². The van der Waals surface area contributed by atoms with Crippen molar-refractivity contribution < 1.29 is 9.53 Å². The van der Waals surface area contributed by atoms with Crippen LogP contribution in [0.5, 0.6) is 0 Å². The van der Waals surface area contributed by atoms with Gasteiger partial charge in [0.2, 0.25) is 0 Å². The van der Waals surface area contributed by atoms with Crippen LogP contribution in [0.15, 0.2) is 48.7 Å². The number of aromatic nitrogens is 2. The van der Waals surface area contributed by atoms with Crippen LogP contribution in [0.1, 0.15) is 23.2 Å². The average molecular weight is 325 g/mol. The van der Waals surface area contributed by atoms with Crippen LogP contribution < -0.4 is 0 Å². The van der Waals surface area contributed by atoms with E-state index in [4.69, 9.17) is 16.3 Å². The molecule has 0 bridgehead atoms. The van der Waals surface area contributed by atoms with Crippen molar-refractivity contribution >= 4 is 28.6 Å². The molecule has 3 aromatic rings. The molecule has 23 heavy (non-hydrogen) atoms. The molecule has 0 spiro atoms. The lowest BCUT2D eigenvalue weighted by atomic mass is 10.1. The molecule has 4 nitrogen and oxygen atoms in total. The van der Waals surface area contributed by atoms with E-state index < -0.39 is 0 Å². The van der Waals surface area contributed by atoms with Crippen LogP contribution in [-0.4, -0.2) is 22.0 Å². The lowest BCUT2D eigenvalue weighted by Crippen LogP contribution is -2.06. The van der Waals surface area contributed by atoms with E-state index in [0.717, 1.165) is 35.1 Å². The van der Waals surface area contributed by atoms with Crippen molar-refractivity contribution in [2.24, 2.45) is 0 Å². The van der Waals surface area contributed by atoms with E-state index in [1.54, 1.807) is 30.5 Å². The quantitative estimate of drug-likeness (QED) is 0.675. The summed E-state index contributed by atoms with van der Waals surface area (Å²) in [6.45, 7) is 0. The summed E-state index contributed by atoms with van der Waals surface area (Å²) >= 11 is 5.95. The summed E-state index contributed by atoms with van der Waals surface area (Å²) in [5.74, 6) is -0.265. The van der Waals surface area contributed by atoms with Crippen LogP contribution in [0.3, 0.4) is 0 Å². The highest BCUT2D eigenvalue weighted by atomic mass is 35.5. The van der Waals surface area contributed by atoms with Crippen molar-refractivity contribution in [3.05, 3.63) is 59.2 Å². The fourth-order valence-corrected chi connectivity index (χ4v) is 2.47. The monoisotopic (exact) mass is 324 g/mol. The fourth-order valence-electron chi connectivity index (χ4n) is 2.31. The number of nitrogens with zero attached hydrogens (tertiary/aromatic N) is 2. The standard InChI is InChI=1S/C18H13ClN2O2/c19-13-5-8-15-16(9-13)20-10-17(21-15)11-1-3-12(4-2-11)18(22)23-14-6-7-14/h1-5,8-10,14H,6-7H2. The molecule has 1 saturated carbocycles. The number of halogens is 1. The van der Waals surface area contributed by atoms with E-state index in [9.17, 15) is 4.79 Å². The minimum absolute atomic E-state index is 0.111. The predicted molar refractivity (Wildman–Crippen MR) is 88.4 cm³/mol. The molecule has 114 valence electrons. The maximum absolute atomic E-state index is 11.9. The number of fused-ring (bicyclic) bond motifs is 1. The van der Waals surface area contributed by atoms with Crippen molar-refractivity contribution in [3.8, 4) is 11.3 Å². The molecular weight excluding hydrogens is 312 g/mol. The van der Waals surface area contributed by atoms with Gasteiger partial charge in [-0.25, -0.2) is 9.78 Å². The summed E-state index contributed by atoms with van der Waals surface area (Å²) in [5.41, 5.74) is 3.75. The normalized spacial score (nSPS) is 14.0. The second-order valence-corrected chi connectivity index (χ2v) is 6.01. The summed E-state index contributed by atoms with van der Waals surface area (Å²) < 4.78 is 5.28. The maximum atomic E-state index is 11.9. The molecule has 1 aromatic heterocycles. The van der Waals surface area contributed by atoms with Crippen LogP contribution in [0, 0.1) is 0 Å².